The van der Waals surface area contributed by atoms with E-state index in [-0.39, 0.29) is 18.4 Å². The van der Waals surface area contributed by atoms with Crippen molar-refractivity contribution < 1.29 is 0 Å². The second kappa shape index (κ2) is 5.53. The first kappa shape index (κ1) is 12.5. The molecular formula is C13H20ClN. The van der Waals surface area contributed by atoms with Crippen LogP contribution in [0.4, 0.5) is 0 Å². The highest BCUT2D eigenvalue weighted by Crippen LogP contribution is 2.36. The van der Waals surface area contributed by atoms with E-state index in [1.165, 1.54) is 30.4 Å². The molecule has 1 aromatic carbocycles. The van der Waals surface area contributed by atoms with E-state index < -0.39 is 0 Å². The summed E-state index contributed by atoms with van der Waals surface area (Å²) in [5, 5.41) is 0. The molecule has 0 radical (unpaired) electrons. The number of hydrogen-bond acceptors (Lipinski definition) is 1. The average molecular weight is 226 g/mol. The highest BCUT2D eigenvalue weighted by Gasteiger charge is 2.25. The van der Waals surface area contributed by atoms with Crippen molar-refractivity contribution in [3.8, 4) is 0 Å². The standard InChI is InChI=1S/C13H19N.ClH/c1-2-10-6-8-12(9-7-10)13(14)11-4-3-5-11;/h6-9,11,13H,2-5,14H2,1H3;1H/t13-;/m1./s1. The summed E-state index contributed by atoms with van der Waals surface area (Å²) >= 11 is 0. The fourth-order valence-electron chi connectivity index (χ4n) is 2.05. The Morgan fingerprint density at radius 3 is 2.27 bits per heavy atom. The minimum absolute atomic E-state index is 0. The molecule has 0 bridgehead atoms. The third-order valence-corrected chi connectivity index (χ3v) is 3.43. The smallest absolute Gasteiger partial charge is 0.0323 e. The summed E-state index contributed by atoms with van der Waals surface area (Å²) in [5.41, 5.74) is 8.90. The lowest BCUT2D eigenvalue weighted by Crippen LogP contribution is -2.26. The Hall–Kier alpha value is -0.530. The van der Waals surface area contributed by atoms with Crippen LogP contribution in [0.2, 0.25) is 0 Å². The van der Waals surface area contributed by atoms with E-state index in [4.69, 9.17) is 5.73 Å². The van der Waals surface area contributed by atoms with Crippen LogP contribution in [-0.4, -0.2) is 0 Å². The number of benzene rings is 1. The van der Waals surface area contributed by atoms with Crippen LogP contribution in [0.5, 0.6) is 0 Å². The second-order valence-corrected chi connectivity index (χ2v) is 4.31. The third-order valence-electron chi connectivity index (χ3n) is 3.43. The molecule has 2 heteroatoms. The van der Waals surface area contributed by atoms with Crippen molar-refractivity contribution in [1.82, 2.24) is 0 Å². The van der Waals surface area contributed by atoms with Gasteiger partial charge >= 0.3 is 0 Å². The largest absolute Gasteiger partial charge is 0.324 e. The SMILES string of the molecule is CCc1ccc([C@H](N)C2CCC2)cc1.Cl. The van der Waals surface area contributed by atoms with Crippen molar-refractivity contribution in [2.75, 3.05) is 0 Å². The molecule has 1 aliphatic carbocycles. The molecule has 1 nitrogen and oxygen atoms in total. The molecule has 1 atom stereocenters. The van der Waals surface area contributed by atoms with Crippen LogP contribution in [0.25, 0.3) is 0 Å². The highest BCUT2D eigenvalue weighted by molar-refractivity contribution is 5.85. The van der Waals surface area contributed by atoms with Crippen molar-refractivity contribution in [1.29, 1.82) is 0 Å². The van der Waals surface area contributed by atoms with Crippen LogP contribution < -0.4 is 5.73 Å². The topological polar surface area (TPSA) is 26.0 Å². The lowest BCUT2D eigenvalue weighted by Gasteiger charge is -2.31. The number of hydrogen-bond donors (Lipinski definition) is 1. The van der Waals surface area contributed by atoms with Gasteiger partial charge in [-0.1, -0.05) is 37.6 Å². The fourth-order valence-corrected chi connectivity index (χ4v) is 2.05. The predicted octanol–water partition coefficient (Wildman–Crippen LogP) is 3.47. The maximum Gasteiger partial charge on any atom is 0.0323 e. The van der Waals surface area contributed by atoms with Crippen LogP contribution in [0.15, 0.2) is 24.3 Å². The lowest BCUT2D eigenvalue weighted by molar-refractivity contribution is 0.264. The quantitative estimate of drug-likeness (QED) is 0.838. The van der Waals surface area contributed by atoms with Gasteiger partial charge in [0.25, 0.3) is 0 Å². The lowest BCUT2D eigenvalue weighted by atomic mass is 9.77. The predicted molar refractivity (Wildman–Crippen MR) is 67.3 cm³/mol. The Kier molecular flexibility index (Phi) is 4.62. The molecule has 1 aromatic rings. The number of halogens is 1. The first-order valence-electron chi connectivity index (χ1n) is 5.65. The normalized spacial score (nSPS) is 17.7. The Morgan fingerprint density at radius 1 is 1.27 bits per heavy atom. The van der Waals surface area contributed by atoms with E-state index in [0.29, 0.717) is 0 Å². The van der Waals surface area contributed by atoms with Crippen molar-refractivity contribution >= 4 is 12.4 Å². The Morgan fingerprint density at radius 2 is 1.87 bits per heavy atom. The summed E-state index contributed by atoms with van der Waals surface area (Å²) in [6, 6.07) is 9.07. The van der Waals surface area contributed by atoms with Crippen LogP contribution >= 0.6 is 12.4 Å². The van der Waals surface area contributed by atoms with E-state index in [9.17, 15) is 0 Å². The monoisotopic (exact) mass is 225 g/mol. The zero-order valence-electron chi connectivity index (χ0n) is 9.28. The molecule has 15 heavy (non-hydrogen) atoms. The second-order valence-electron chi connectivity index (χ2n) is 4.31. The average Bonchev–Trinajstić information content (AvgIpc) is 2.15. The molecule has 0 unspecified atom stereocenters. The van der Waals surface area contributed by atoms with E-state index in [1.807, 2.05) is 0 Å². The minimum Gasteiger partial charge on any atom is -0.324 e. The van der Waals surface area contributed by atoms with Gasteiger partial charge in [0.1, 0.15) is 0 Å². The Balaban J connectivity index is 0.00000112. The Bertz CT molecular complexity index is 290. The molecule has 0 saturated heterocycles. The van der Waals surface area contributed by atoms with Gasteiger partial charge in [0.15, 0.2) is 0 Å². The summed E-state index contributed by atoms with van der Waals surface area (Å²) < 4.78 is 0. The van der Waals surface area contributed by atoms with Crippen LogP contribution in [0.1, 0.15) is 43.4 Å². The molecule has 1 fully saturated rings. The molecule has 0 heterocycles. The van der Waals surface area contributed by atoms with Crippen molar-refractivity contribution in [3.63, 3.8) is 0 Å². The van der Waals surface area contributed by atoms with Crippen LogP contribution in [0.3, 0.4) is 0 Å². The first-order valence-corrected chi connectivity index (χ1v) is 5.65. The van der Waals surface area contributed by atoms with Gasteiger partial charge in [-0.15, -0.1) is 12.4 Å². The third kappa shape index (κ3) is 2.73. The van der Waals surface area contributed by atoms with Gasteiger partial charge < -0.3 is 5.73 Å². The molecule has 2 N–H and O–H groups in total. The highest BCUT2D eigenvalue weighted by atomic mass is 35.5. The molecular weight excluding hydrogens is 206 g/mol. The molecule has 2 rings (SSSR count). The van der Waals surface area contributed by atoms with Gasteiger partial charge in [-0.3, -0.25) is 0 Å². The molecule has 0 aliphatic heterocycles. The van der Waals surface area contributed by atoms with Gasteiger partial charge in [0, 0.05) is 6.04 Å². The van der Waals surface area contributed by atoms with Crippen LogP contribution in [0, 0.1) is 5.92 Å². The van der Waals surface area contributed by atoms with Gasteiger partial charge in [0.05, 0.1) is 0 Å². The Labute approximate surface area is 98.5 Å². The van der Waals surface area contributed by atoms with E-state index in [2.05, 4.69) is 31.2 Å². The van der Waals surface area contributed by atoms with E-state index in [0.717, 1.165) is 12.3 Å². The summed E-state index contributed by atoms with van der Waals surface area (Å²) in [5.74, 6) is 0.738. The van der Waals surface area contributed by atoms with Gasteiger partial charge in [-0.05, 0) is 36.3 Å². The van der Waals surface area contributed by atoms with Crippen molar-refractivity contribution in [2.45, 2.75) is 38.6 Å². The molecule has 0 aromatic heterocycles. The number of aryl methyl sites for hydroxylation is 1. The summed E-state index contributed by atoms with van der Waals surface area (Å²) in [6.45, 7) is 2.18. The van der Waals surface area contributed by atoms with E-state index >= 15 is 0 Å². The van der Waals surface area contributed by atoms with Gasteiger partial charge in [0.2, 0.25) is 0 Å². The zero-order valence-corrected chi connectivity index (χ0v) is 10.1. The van der Waals surface area contributed by atoms with Crippen molar-refractivity contribution in [2.24, 2.45) is 11.7 Å². The van der Waals surface area contributed by atoms with Crippen LogP contribution in [-0.2, 0) is 6.42 Å². The molecule has 84 valence electrons. The van der Waals surface area contributed by atoms with E-state index in [1.54, 1.807) is 0 Å². The van der Waals surface area contributed by atoms with Crippen molar-refractivity contribution in [3.05, 3.63) is 35.4 Å². The molecule has 1 saturated carbocycles. The fraction of sp³-hybridized carbons (Fsp3) is 0.538. The summed E-state index contributed by atoms with van der Waals surface area (Å²) in [7, 11) is 0. The maximum atomic E-state index is 6.19. The number of rotatable bonds is 3. The summed E-state index contributed by atoms with van der Waals surface area (Å²) in [6.07, 6.45) is 5.11. The van der Waals surface area contributed by atoms with Gasteiger partial charge in [-0.25, -0.2) is 0 Å². The zero-order chi connectivity index (χ0) is 9.97. The number of nitrogens with two attached hydrogens (primary N) is 1. The molecule has 0 amide bonds. The summed E-state index contributed by atoms with van der Waals surface area (Å²) in [4.78, 5) is 0. The molecule has 1 aliphatic rings. The van der Waals surface area contributed by atoms with Gasteiger partial charge in [-0.2, -0.15) is 0 Å². The maximum absolute atomic E-state index is 6.19. The minimum atomic E-state index is 0. The first-order chi connectivity index (χ1) is 6.81. The molecule has 0 spiro atoms.